The van der Waals surface area contributed by atoms with Crippen LogP contribution in [0.5, 0.6) is 0 Å². The third-order valence-corrected chi connectivity index (χ3v) is 7.32. The molecule has 1 heterocycles. The molecule has 184 valence electrons. The Balaban J connectivity index is 1.58. The standard InChI is InChI=1S/C26H25F3N2O3S/c1-18-5-3-4-6-22(18)23-12-11-21(35(2,33)34)17-24(23)25(32)31-15-13-30(14-16-31)20-9-7-19(8-10-20)26(27,28)29/h3-12,17H,13-16H2,1-2H3. The number of hydrogen-bond acceptors (Lipinski definition) is 4. The maximum Gasteiger partial charge on any atom is 0.416 e. The van der Waals surface area contributed by atoms with E-state index >= 15 is 0 Å². The van der Waals surface area contributed by atoms with Gasteiger partial charge in [-0.1, -0.05) is 30.3 Å². The van der Waals surface area contributed by atoms with E-state index in [1.165, 1.54) is 24.3 Å². The first kappa shape index (κ1) is 24.8. The van der Waals surface area contributed by atoms with E-state index in [1.54, 1.807) is 11.0 Å². The molecule has 5 nitrogen and oxygen atoms in total. The smallest absolute Gasteiger partial charge is 0.368 e. The minimum absolute atomic E-state index is 0.0709. The fourth-order valence-corrected chi connectivity index (χ4v) is 4.89. The maximum absolute atomic E-state index is 13.6. The van der Waals surface area contributed by atoms with Gasteiger partial charge >= 0.3 is 6.18 Å². The summed E-state index contributed by atoms with van der Waals surface area (Å²) >= 11 is 0. The molecule has 1 aliphatic heterocycles. The molecular formula is C26H25F3N2O3S. The van der Waals surface area contributed by atoms with Crippen molar-refractivity contribution < 1.29 is 26.4 Å². The van der Waals surface area contributed by atoms with E-state index in [2.05, 4.69) is 0 Å². The molecule has 3 aromatic carbocycles. The second-order valence-corrected chi connectivity index (χ2v) is 10.6. The Labute approximate surface area is 202 Å². The van der Waals surface area contributed by atoms with Crippen LogP contribution in [-0.4, -0.2) is 51.7 Å². The molecule has 0 radical (unpaired) electrons. The normalized spacial score (nSPS) is 14.8. The Hall–Kier alpha value is -3.33. The quantitative estimate of drug-likeness (QED) is 0.501. The number of amides is 1. The van der Waals surface area contributed by atoms with Crippen molar-refractivity contribution >= 4 is 21.4 Å². The zero-order valence-corrected chi connectivity index (χ0v) is 20.2. The molecule has 0 spiro atoms. The summed E-state index contributed by atoms with van der Waals surface area (Å²) in [6, 6.07) is 17.2. The number of sulfone groups is 1. The molecule has 3 aromatic rings. The van der Waals surface area contributed by atoms with Crippen molar-refractivity contribution in [3.8, 4) is 11.1 Å². The SMILES string of the molecule is Cc1ccccc1-c1ccc(S(C)(=O)=O)cc1C(=O)N1CCN(c2ccc(C(F)(F)F)cc2)CC1. The fourth-order valence-electron chi connectivity index (χ4n) is 4.24. The van der Waals surface area contributed by atoms with Crippen LogP contribution in [0.1, 0.15) is 21.5 Å². The predicted octanol–water partition coefficient (Wildman–Crippen LogP) is 5.05. The molecular weight excluding hydrogens is 477 g/mol. The molecule has 0 unspecified atom stereocenters. The van der Waals surface area contributed by atoms with Crippen molar-refractivity contribution in [2.45, 2.75) is 18.0 Å². The summed E-state index contributed by atoms with van der Waals surface area (Å²) in [5, 5.41) is 0. The summed E-state index contributed by atoms with van der Waals surface area (Å²) in [7, 11) is -3.52. The number of aryl methyl sites for hydroxylation is 1. The van der Waals surface area contributed by atoms with Gasteiger partial charge in [0.1, 0.15) is 0 Å². The van der Waals surface area contributed by atoms with Crippen LogP contribution < -0.4 is 4.90 Å². The molecule has 0 aromatic heterocycles. The van der Waals surface area contributed by atoms with Gasteiger partial charge in [0.25, 0.3) is 5.91 Å². The van der Waals surface area contributed by atoms with Crippen molar-refractivity contribution in [3.63, 3.8) is 0 Å². The average molecular weight is 503 g/mol. The molecule has 0 bridgehead atoms. The number of nitrogens with zero attached hydrogens (tertiary/aromatic N) is 2. The van der Waals surface area contributed by atoms with Crippen molar-refractivity contribution in [1.82, 2.24) is 4.90 Å². The lowest BCUT2D eigenvalue weighted by atomic mass is 9.95. The van der Waals surface area contributed by atoms with Crippen LogP contribution >= 0.6 is 0 Å². The Kier molecular flexibility index (Phi) is 6.64. The maximum atomic E-state index is 13.6. The van der Waals surface area contributed by atoms with Gasteiger partial charge in [0, 0.05) is 43.7 Å². The van der Waals surface area contributed by atoms with E-state index in [4.69, 9.17) is 0 Å². The highest BCUT2D eigenvalue weighted by Crippen LogP contribution is 2.32. The first-order chi connectivity index (χ1) is 16.4. The van der Waals surface area contributed by atoms with Gasteiger partial charge in [-0.2, -0.15) is 13.2 Å². The van der Waals surface area contributed by atoms with Crippen LogP contribution in [0, 0.1) is 6.92 Å². The number of hydrogen-bond donors (Lipinski definition) is 0. The van der Waals surface area contributed by atoms with E-state index < -0.39 is 21.6 Å². The van der Waals surface area contributed by atoms with Crippen molar-refractivity contribution in [2.24, 2.45) is 0 Å². The molecule has 4 rings (SSSR count). The monoisotopic (exact) mass is 502 g/mol. The zero-order chi connectivity index (χ0) is 25.4. The minimum atomic E-state index is -4.39. The van der Waals surface area contributed by atoms with Gasteiger partial charge < -0.3 is 9.80 Å². The number of rotatable bonds is 4. The Morgan fingerprint density at radius 2 is 1.49 bits per heavy atom. The predicted molar refractivity (Wildman–Crippen MR) is 129 cm³/mol. The summed E-state index contributed by atoms with van der Waals surface area (Å²) in [5.41, 5.74) is 2.73. The van der Waals surface area contributed by atoms with Crippen LogP contribution in [0.25, 0.3) is 11.1 Å². The average Bonchev–Trinajstić information content (AvgIpc) is 2.83. The molecule has 1 amide bonds. The molecule has 0 N–H and O–H groups in total. The zero-order valence-electron chi connectivity index (χ0n) is 19.3. The topological polar surface area (TPSA) is 57.7 Å². The van der Waals surface area contributed by atoms with E-state index in [0.29, 0.717) is 43.0 Å². The third-order valence-electron chi connectivity index (χ3n) is 6.21. The summed E-state index contributed by atoms with van der Waals surface area (Å²) in [5.74, 6) is -0.277. The second-order valence-electron chi connectivity index (χ2n) is 8.62. The van der Waals surface area contributed by atoms with Gasteiger partial charge in [-0.25, -0.2) is 8.42 Å². The van der Waals surface area contributed by atoms with Gasteiger partial charge in [0.05, 0.1) is 10.5 Å². The number of anilines is 1. The summed E-state index contributed by atoms with van der Waals surface area (Å²) in [6.07, 6.45) is -3.29. The van der Waals surface area contributed by atoms with Gasteiger partial charge in [0.15, 0.2) is 9.84 Å². The highest BCUT2D eigenvalue weighted by Gasteiger charge is 2.31. The number of carbonyl (C=O) groups excluding carboxylic acids is 1. The number of alkyl halides is 3. The fraction of sp³-hybridized carbons (Fsp3) is 0.269. The molecule has 1 saturated heterocycles. The Morgan fingerprint density at radius 1 is 0.857 bits per heavy atom. The van der Waals surface area contributed by atoms with Gasteiger partial charge in [-0.3, -0.25) is 4.79 Å². The van der Waals surface area contributed by atoms with Crippen LogP contribution in [0.3, 0.4) is 0 Å². The number of halogens is 3. The van der Waals surface area contributed by atoms with Crippen LogP contribution in [0.15, 0.2) is 71.6 Å². The Bertz CT molecular complexity index is 1350. The van der Waals surface area contributed by atoms with Crippen LogP contribution in [-0.2, 0) is 16.0 Å². The van der Waals surface area contributed by atoms with Crippen molar-refractivity contribution in [2.75, 3.05) is 37.3 Å². The molecule has 0 saturated carbocycles. The lowest BCUT2D eigenvalue weighted by Crippen LogP contribution is -2.49. The highest BCUT2D eigenvalue weighted by atomic mass is 32.2. The first-order valence-corrected chi connectivity index (χ1v) is 13.0. The third kappa shape index (κ3) is 5.35. The minimum Gasteiger partial charge on any atom is -0.368 e. The first-order valence-electron chi connectivity index (χ1n) is 11.1. The highest BCUT2D eigenvalue weighted by molar-refractivity contribution is 7.90. The Morgan fingerprint density at radius 3 is 2.06 bits per heavy atom. The second kappa shape index (κ2) is 9.37. The molecule has 1 aliphatic rings. The summed E-state index contributed by atoms with van der Waals surface area (Å²) in [6.45, 7) is 3.54. The van der Waals surface area contributed by atoms with Crippen LogP contribution in [0.4, 0.5) is 18.9 Å². The largest absolute Gasteiger partial charge is 0.416 e. The van der Waals surface area contributed by atoms with Gasteiger partial charge in [-0.05, 0) is 60.0 Å². The van der Waals surface area contributed by atoms with Crippen LogP contribution in [0.2, 0.25) is 0 Å². The molecule has 0 aliphatic carbocycles. The van der Waals surface area contributed by atoms with E-state index in [9.17, 15) is 26.4 Å². The van der Waals surface area contributed by atoms with Gasteiger partial charge in [0.2, 0.25) is 0 Å². The lowest BCUT2D eigenvalue weighted by Gasteiger charge is -2.36. The molecule has 35 heavy (non-hydrogen) atoms. The van der Waals surface area contributed by atoms with E-state index in [-0.39, 0.29) is 10.8 Å². The molecule has 0 atom stereocenters. The number of benzene rings is 3. The van der Waals surface area contributed by atoms with Crippen molar-refractivity contribution in [3.05, 3.63) is 83.4 Å². The van der Waals surface area contributed by atoms with Gasteiger partial charge in [-0.15, -0.1) is 0 Å². The van der Waals surface area contributed by atoms with Crippen molar-refractivity contribution in [1.29, 1.82) is 0 Å². The molecule has 9 heteroatoms. The summed E-state index contributed by atoms with van der Waals surface area (Å²) < 4.78 is 62.9. The number of carbonyl (C=O) groups is 1. The van der Waals surface area contributed by atoms with E-state index in [1.807, 2.05) is 36.1 Å². The van der Waals surface area contributed by atoms with E-state index in [0.717, 1.165) is 29.5 Å². The number of piperazine rings is 1. The molecule has 1 fully saturated rings. The lowest BCUT2D eigenvalue weighted by molar-refractivity contribution is -0.137. The summed E-state index contributed by atoms with van der Waals surface area (Å²) in [4.78, 5) is 17.2.